The van der Waals surface area contributed by atoms with Gasteiger partial charge < -0.3 is 10.0 Å². The van der Waals surface area contributed by atoms with Crippen LogP contribution in [0.3, 0.4) is 0 Å². The summed E-state index contributed by atoms with van der Waals surface area (Å²) < 4.78 is 15.7. The zero-order valence-corrected chi connectivity index (χ0v) is 15.4. The molecule has 1 aliphatic rings. The van der Waals surface area contributed by atoms with Crippen molar-refractivity contribution in [3.05, 3.63) is 54.3 Å². The van der Waals surface area contributed by atoms with Gasteiger partial charge in [-0.25, -0.2) is 4.39 Å². The zero-order chi connectivity index (χ0) is 18.8. The second-order valence-electron chi connectivity index (χ2n) is 7.36. The van der Waals surface area contributed by atoms with Crippen molar-refractivity contribution in [2.75, 3.05) is 13.1 Å². The van der Waals surface area contributed by atoms with Gasteiger partial charge in [-0.05, 0) is 37.0 Å². The number of benzene rings is 2. The second kappa shape index (κ2) is 7.48. The number of nitrogens with one attached hydrogen (secondary N) is 1. The second-order valence-corrected chi connectivity index (χ2v) is 7.36. The van der Waals surface area contributed by atoms with E-state index in [-0.39, 0.29) is 11.6 Å². The number of halogens is 1. The third-order valence-corrected chi connectivity index (χ3v) is 5.39. The number of nitrogens with zero attached hydrogens (tertiary/aromatic N) is 3. The molecule has 1 aromatic heterocycles. The number of likely N-dealkylation sites (tertiary alicyclic amines) is 1. The maximum Gasteiger partial charge on any atom is 0.225 e. The van der Waals surface area contributed by atoms with Crippen LogP contribution in [0, 0.1) is 11.7 Å². The van der Waals surface area contributed by atoms with Gasteiger partial charge in [-0.15, -0.1) is 10.2 Å². The highest BCUT2D eigenvalue weighted by Gasteiger charge is 2.23. The number of para-hydroxylation sites is 1. The normalized spacial score (nSPS) is 20.5. The fourth-order valence-electron chi connectivity index (χ4n) is 3.72. The molecule has 2 aromatic carbocycles. The van der Waals surface area contributed by atoms with Crippen molar-refractivity contribution < 1.29 is 14.4 Å². The van der Waals surface area contributed by atoms with E-state index < -0.39 is 5.82 Å². The summed E-state index contributed by atoms with van der Waals surface area (Å²) in [4.78, 5) is 1.45. The molecule has 3 aromatic rings. The Labute approximate surface area is 157 Å². The number of fused-ring (bicyclic) bond motifs is 1. The van der Waals surface area contributed by atoms with Crippen LogP contribution in [0.25, 0.3) is 10.9 Å². The van der Waals surface area contributed by atoms with Crippen LogP contribution in [0.15, 0.2) is 58.8 Å². The van der Waals surface area contributed by atoms with Crippen molar-refractivity contribution in [2.24, 2.45) is 16.1 Å². The molecule has 1 aliphatic heterocycles. The topological polar surface area (TPSA) is 54.3 Å². The first kappa shape index (κ1) is 17.7. The molecule has 2 heterocycles. The van der Waals surface area contributed by atoms with Crippen LogP contribution < -0.4 is 4.90 Å². The Morgan fingerprint density at radius 2 is 1.78 bits per heavy atom. The van der Waals surface area contributed by atoms with Gasteiger partial charge in [0.25, 0.3) is 0 Å². The van der Waals surface area contributed by atoms with Crippen molar-refractivity contribution in [3.63, 3.8) is 0 Å². The SMILES string of the molecule is CC1CC[NH+](Cn2c(O)c(N=Nc3ccccc3F)c3ccccc32)CC1. The van der Waals surface area contributed by atoms with Gasteiger partial charge in [-0.1, -0.05) is 37.3 Å². The third-order valence-electron chi connectivity index (χ3n) is 5.39. The van der Waals surface area contributed by atoms with Crippen LogP contribution in [0.2, 0.25) is 0 Å². The maximum absolute atomic E-state index is 13.8. The highest BCUT2D eigenvalue weighted by molar-refractivity contribution is 5.94. The van der Waals surface area contributed by atoms with Gasteiger partial charge in [-0.2, -0.15) is 0 Å². The number of piperidine rings is 1. The van der Waals surface area contributed by atoms with E-state index in [4.69, 9.17) is 0 Å². The molecule has 5 nitrogen and oxygen atoms in total. The summed E-state index contributed by atoms with van der Waals surface area (Å²) in [5, 5.41) is 19.9. The lowest BCUT2D eigenvalue weighted by molar-refractivity contribution is -0.928. The van der Waals surface area contributed by atoms with E-state index in [0.717, 1.165) is 29.9 Å². The Balaban J connectivity index is 1.69. The van der Waals surface area contributed by atoms with Crippen molar-refractivity contribution >= 4 is 22.3 Å². The van der Waals surface area contributed by atoms with Crippen LogP contribution in [-0.4, -0.2) is 22.8 Å². The molecule has 0 radical (unpaired) electrons. The Morgan fingerprint density at radius 3 is 2.56 bits per heavy atom. The van der Waals surface area contributed by atoms with E-state index in [1.54, 1.807) is 18.2 Å². The summed E-state index contributed by atoms with van der Waals surface area (Å²) in [6.45, 7) is 5.17. The van der Waals surface area contributed by atoms with E-state index in [2.05, 4.69) is 17.2 Å². The summed E-state index contributed by atoms with van der Waals surface area (Å²) in [7, 11) is 0. The molecule has 140 valence electrons. The van der Waals surface area contributed by atoms with Crippen LogP contribution in [0.5, 0.6) is 5.88 Å². The van der Waals surface area contributed by atoms with Crippen LogP contribution in [0.4, 0.5) is 15.8 Å². The van der Waals surface area contributed by atoms with Gasteiger partial charge in [0.05, 0.1) is 18.6 Å². The molecule has 0 atom stereocenters. The fourth-order valence-corrected chi connectivity index (χ4v) is 3.72. The van der Waals surface area contributed by atoms with Crippen molar-refractivity contribution in [2.45, 2.75) is 26.4 Å². The highest BCUT2D eigenvalue weighted by Crippen LogP contribution is 2.39. The third kappa shape index (κ3) is 3.57. The largest absolute Gasteiger partial charge is 0.493 e. The Hall–Kier alpha value is -2.73. The van der Waals surface area contributed by atoms with Crippen molar-refractivity contribution in [1.29, 1.82) is 0 Å². The van der Waals surface area contributed by atoms with Gasteiger partial charge >= 0.3 is 0 Å². The van der Waals surface area contributed by atoms with Crippen LogP contribution in [-0.2, 0) is 6.67 Å². The van der Waals surface area contributed by atoms with E-state index in [9.17, 15) is 9.50 Å². The average molecular weight is 367 g/mol. The number of aromatic nitrogens is 1. The summed E-state index contributed by atoms with van der Waals surface area (Å²) in [6.07, 6.45) is 2.41. The summed E-state index contributed by atoms with van der Waals surface area (Å²) in [5.74, 6) is 0.424. The minimum Gasteiger partial charge on any atom is -0.493 e. The van der Waals surface area contributed by atoms with E-state index in [1.807, 2.05) is 28.8 Å². The monoisotopic (exact) mass is 367 g/mol. The molecule has 0 bridgehead atoms. The first-order chi connectivity index (χ1) is 13.1. The molecule has 0 aliphatic carbocycles. The maximum atomic E-state index is 13.8. The van der Waals surface area contributed by atoms with Crippen molar-refractivity contribution in [3.8, 4) is 5.88 Å². The molecule has 0 spiro atoms. The van der Waals surface area contributed by atoms with Gasteiger partial charge in [0.1, 0.15) is 5.69 Å². The number of hydrogen-bond donors (Lipinski definition) is 2. The molecule has 1 saturated heterocycles. The molecule has 0 saturated carbocycles. The lowest BCUT2D eigenvalue weighted by Crippen LogP contribution is -3.12. The molecule has 0 unspecified atom stereocenters. The smallest absolute Gasteiger partial charge is 0.225 e. The number of aromatic hydroxyl groups is 1. The molecule has 1 fully saturated rings. The predicted octanol–water partition coefficient (Wildman–Crippen LogP) is 4.17. The lowest BCUT2D eigenvalue weighted by atomic mass is 10.00. The summed E-state index contributed by atoms with van der Waals surface area (Å²) in [5.41, 5.74) is 1.46. The number of rotatable bonds is 4. The van der Waals surface area contributed by atoms with Gasteiger partial charge in [-0.3, -0.25) is 4.57 Å². The van der Waals surface area contributed by atoms with Gasteiger partial charge in [0.15, 0.2) is 18.2 Å². The quantitative estimate of drug-likeness (QED) is 0.668. The minimum absolute atomic E-state index is 0.0856. The molecular formula is C21H24FN4O+. The van der Waals surface area contributed by atoms with Crippen LogP contribution >= 0.6 is 0 Å². The molecule has 2 N–H and O–H groups in total. The fraction of sp³-hybridized carbons (Fsp3) is 0.333. The molecule has 4 rings (SSSR count). The molecule has 27 heavy (non-hydrogen) atoms. The number of quaternary nitrogens is 1. The van der Waals surface area contributed by atoms with Crippen LogP contribution in [0.1, 0.15) is 19.8 Å². The van der Waals surface area contributed by atoms with E-state index in [1.165, 1.54) is 23.8 Å². The highest BCUT2D eigenvalue weighted by atomic mass is 19.1. The number of azo groups is 1. The first-order valence-electron chi connectivity index (χ1n) is 9.43. The Bertz CT molecular complexity index is 973. The Kier molecular flexibility index (Phi) is 4.90. The minimum atomic E-state index is -0.434. The lowest BCUT2D eigenvalue weighted by Gasteiger charge is -2.27. The first-order valence-corrected chi connectivity index (χ1v) is 9.43. The summed E-state index contributed by atoms with van der Waals surface area (Å²) in [6, 6.07) is 14.0. The van der Waals surface area contributed by atoms with E-state index in [0.29, 0.717) is 12.4 Å². The standard InChI is InChI=1S/C21H23FN4O/c1-15-10-12-25(13-11-15)14-26-19-9-5-2-6-16(19)20(21(26)27)24-23-18-8-4-3-7-17(18)22/h2-9,15,27H,10-14H2,1H3/p+1. The van der Waals surface area contributed by atoms with Crippen molar-refractivity contribution in [1.82, 2.24) is 4.57 Å². The molecular weight excluding hydrogens is 343 g/mol. The van der Waals surface area contributed by atoms with Gasteiger partial charge in [0.2, 0.25) is 5.88 Å². The van der Waals surface area contributed by atoms with Gasteiger partial charge in [0, 0.05) is 5.39 Å². The average Bonchev–Trinajstić information content (AvgIpc) is 2.94. The summed E-state index contributed by atoms with van der Waals surface area (Å²) >= 11 is 0. The van der Waals surface area contributed by atoms with E-state index >= 15 is 0 Å². The molecule has 0 amide bonds. The molecule has 6 heteroatoms. The Morgan fingerprint density at radius 1 is 1.07 bits per heavy atom. The number of hydrogen-bond acceptors (Lipinski definition) is 3. The predicted molar refractivity (Wildman–Crippen MR) is 103 cm³/mol. The zero-order valence-electron chi connectivity index (χ0n) is 15.4.